The Balaban J connectivity index is 1.54. The molecule has 2 saturated heterocycles. The number of sulfone groups is 1. The highest BCUT2D eigenvalue weighted by atomic mass is 32.2. The van der Waals surface area contributed by atoms with E-state index < -0.39 is 9.84 Å². The Kier molecular flexibility index (Phi) is 5.08. The van der Waals surface area contributed by atoms with Gasteiger partial charge in [-0.3, -0.25) is 14.5 Å². The lowest BCUT2D eigenvalue weighted by atomic mass is 10.0. The molecule has 2 aliphatic heterocycles. The van der Waals surface area contributed by atoms with Crippen molar-refractivity contribution in [2.75, 3.05) is 37.7 Å². The van der Waals surface area contributed by atoms with E-state index in [1.165, 1.54) is 18.3 Å². The molecule has 0 aliphatic carbocycles. The van der Waals surface area contributed by atoms with Crippen molar-refractivity contribution in [2.24, 2.45) is 0 Å². The van der Waals surface area contributed by atoms with Gasteiger partial charge in [-0.1, -0.05) is 0 Å². The third-order valence-electron chi connectivity index (χ3n) is 4.86. The molecule has 0 radical (unpaired) electrons. The zero-order chi connectivity index (χ0) is 17.3. The van der Waals surface area contributed by atoms with Crippen molar-refractivity contribution < 1.29 is 18.0 Å². The number of thiophene rings is 1. The molecule has 0 saturated carbocycles. The van der Waals surface area contributed by atoms with Crippen molar-refractivity contribution >= 4 is 32.9 Å². The summed E-state index contributed by atoms with van der Waals surface area (Å²) in [4.78, 5) is 28.6. The standard InChI is InChI=1S/C16H22N2O4S2/c1-12(19)13-10-15(23-11-13)16(20)18-4-2-14(3-5-18)17-6-8-24(21,22)9-7-17/h10-11,14H,2-9H2,1H3. The van der Waals surface area contributed by atoms with Crippen LogP contribution in [0.15, 0.2) is 11.4 Å². The minimum Gasteiger partial charge on any atom is -0.338 e. The molecule has 2 aliphatic rings. The fraction of sp³-hybridized carbons (Fsp3) is 0.625. The Hall–Kier alpha value is -1.25. The van der Waals surface area contributed by atoms with Gasteiger partial charge in [0, 0.05) is 43.2 Å². The number of hydrogen-bond acceptors (Lipinski definition) is 6. The first-order valence-corrected chi connectivity index (χ1v) is 10.9. The third-order valence-corrected chi connectivity index (χ3v) is 7.39. The van der Waals surface area contributed by atoms with E-state index in [2.05, 4.69) is 4.90 Å². The first-order valence-electron chi connectivity index (χ1n) is 8.19. The summed E-state index contributed by atoms with van der Waals surface area (Å²) in [5.74, 6) is 0.459. The van der Waals surface area contributed by atoms with Gasteiger partial charge in [-0.05, 0) is 25.8 Å². The molecule has 2 fully saturated rings. The largest absolute Gasteiger partial charge is 0.338 e. The molecular formula is C16H22N2O4S2. The van der Waals surface area contributed by atoms with Gasteiger partial charge in [0.25, 0.3) is 5.91 Å². The highest BCUT2D eigenvalue weighted by Crippen LogP contribution is 2.23. The van der Waals surface area contributed by atoms with Gasteiger partial charge in [0.2, 0.25) is 0 Å². The van der Waals surface area contributed by atoms with Crippen LogP contribution in [-0.2, 0) is 9.84 Å². The summed E-state index contributed by atoms with van der Waals surface area (Å²) >= 11 is 1.32. The van der Waals surface area contributed by atoms with Crippen molar-refractivity contribution in [1.82, 2.24) is 9.80 Å². The van der Waals surface area contributed by atoms with E-state index in [9.17, 15) is 18.0 Å². The van der Waals surface area contributed by atoms with Crippen LogP contribution < -0.4 is 0 Å². The Morgan fingerprint density at radius 3 is 2.29 bits per heavy atom. The molecule has 1 aromatic rings. The van der Waals surface area contributed by atoms with Gasteiger partial charge >= 0.3 is 0 Å². The number of likely N-dealkylation sites (tertiary alicyclic amines) is 1. The number of amides is 1. The van der Waals surface area contributed by atoms with Gasteiger partial charge in [0.1, 0.15) is 0 Å². The Morgan fingerprint density at radius 1 is 1.12 bits per heavy atom. The molecule has 132 valence electrons. The predicted molar refractivity (Wildman–Crippen MR) is 93.5 cm³/mol. The summed E-state index contributed by atoms with van der Waals surface area (Å²) in [7, 11) is -2.85. The van der Waals surface area contributed by atoms with Gasteiger partial charge in [0.15, 0.2) is 15.6 Å². The van der Waals surface area contributed by atoms with Gasteiger partial charge in [0.05, 0.1) is 16.4 Å². The van der Waals surface area contributed by atoms with Crippen LogP contribution in [0.2, 0.25) is 0 Å². The number of nitrogens with zero attached hydrogens (tertiary/aromatic N) is 2. The second-order valence-corrected chi connectivity index (χ2v) is 9.68. The molecule has 0 spiro atoms. The van der Waals surface area contributed by atoms with Gasteiger partial charge < -0.3 is 4.90 Å². The molecule has 0 unspecified atom stereocenters. The summed E-state index contributed by atoms with van der Waals surface area (Å²) < 4.78 is 23.0. The molecule has 0 aromatic carbocycles. The van der Waals surface area contributed by atoms with Crippen LogP contribution in [0.1, 0.15) is 39.8 Å². The number of Topliss-reactive ketones (excluding diaryl/α,β-unsaturated/α-hetero) is 1. The number of rotatable bonds is 3. The van der Waals surface area contributed by atoms with Crippen LogP contribution in [0, 0.1) is 0 Å². The number of piperidine rings is 1. The maximum atomic E-state index is 12.5. The molecule has 6 nitrogen and oxygen atoms in total. The zero-order valence-electron chi connectivity index (χ0n) is 13.7. The molecule has 3 heterocycles. The topological polar surface area (TPSA) is 74.8 Å². The van der Waals surface area contributed by atoms with Crippen LogP contribution >= 0.6 is 11.3 Å². The Labute approximate surface area is 146 Å². The molecule has 0 bridgehead atoms. The van der Waals surface area contributed by atoms with Crippen molar-refractivity contribution in [1.29, 1.82) is 0 Å². The molecular weight excluding hydrogens is 348 g/mol. The van der Waals surface area contributed by atoms with Crippen molar-refractivity contribution in [2.45, 2.75) is 25.8 Å². The lowest BCUT2D eigenvalue weighted by Gasteiger charge is -2.39. The summed E-state index contributed by atoms with van der Waals surface area (Å²) in [6, 6.07) is 2.04. The Bertz CT molecular complexity index is 719. The molecule has 8 heteroatoms. The maximum absolute atomic E-state index is 12.5. The first kappa shape index (κ1) is 17.6. The number of ketones is 1. The van der Waals surface area contributed by atoms with E-state index in [-0.39, 0.29) is 23.2 Å². The monoisotopic (exact) mass is 370 g/mol. The van der Waals surface area contributed by atoms with Crippen LogP contribution in [0.3, 0.4) is 0 Å². The summed E-state index contributed by atoms with van der Waals surface area (Å²) in [5, 5.41) is 1.73. The maximum Gasteiger partial charge on any atom is 0.263 e. The molecule has 24 heavy (non-hydrogen) atoms. The first-order chi connectivity index (χ1) is 11.4. The number of carbonyl (C=O) groups is 2. The fourth-order valence-corrected chi connectivity index (χ4v) is 5.46. The van der Waals surface area contributed by atoms with Crippen molar-refractivity contribution in [3.8, 4) is 0 Å². The number of hydrogen-bond donors (Lipinski definition) is 0. The highest BCUT2D eigenvalue weighted by Gasteiger charge is 2.31. The quantitative estimate of drug-likeness (QED) is 0.750. The average Bonchev–Trinajstić information content (AvgIpc) is 3.05. The van der Waals surface area contributed by atoms with Gasteiger partial charge in [-0.15, -0.1) is 11.3 Å². The lowest BCUT2D eigenvalue weighted by Crippen LogP contribution is -2.51. The lowest BCUT2D eigenvalue weighted by molar-refractivity contribution is 0.0634. The second kappa shape index (κ2) is 6.93. The second-order valence-electron chi connectivity index (χ2n) is 6.47. The van der Waals surface area contributed by atoms with Gasteiger partial charge in [-0.25, -0.2) is 8.42 Å². The highest BCUT2D eigenvalue weighted by molar-refractivity contribution is 7.91. The van der Waals surface area contributed by atoms with E-state index in [1.807, 2.05) is 4.90 Å². The smallest absolute Gasteiger partial charge is 0.263 e. The van der Waals surface area contributed by atoms with Gasteiger partial charge in [-0.2, -0.15) is 0 Å². The third kappa shape index (κ3) is 3.87. The number of carbonyl (C=O) groups excluding carboxylic acids is 2. The minimum atomic E-state index is -2.85. The summed E-state index contributed by atoms with van der Waals surface area (Å²) in [6.45, 7) is 4.07. The molecule has 0 N–H and O–H groups in total. The van der Waals surface area contributed by atoms with Crippen LogP contribution in [0.4, 0.5) is 0 Å². The average molecular weight is 370 g/mol. The molecule has 1 aromatic heterocycles. The predicted octanol–water partition coefficient (Wildman–Crippen LogP) is 1.29. The van der Waals surface area contributed by atoms with Crippen molar-refractivity contribution in [3.05, 3.63) is 21.9 Å². The van der Waals surface area contributed by atoms with Crippen molar-refractivity contribution in [3.63, 3.8) is 0 Å². The molecule has 1 amide bonds. The minimum absolute atomic E-state index is 0.00725. The van der Waals surface area contributed by atoms with E-state index >= 15 is 0 Å². The SMILES string of the molecule is CC(=O)c1csc(C(=O)N2CCC(N3CCS(=O)(=O)CC3)CC2)c1. The van der Waals surface area contributed by atoms with E-state index in [4.69, 9.17) is 0 Å². The zero-order valence-corrected chi connectivity index (χ0v) is 15.4. The van der Waals surface area contributed by atoms with E-state index in [1.54, 1.807) is 11.4 Å². The Morgan fingerprint density at radius 2 is 1.75 bits per heavy atom. The van der Waals surface area contributed by atoms with E-state index in [0.29, 0.717) is 42.7 Å². The summed E-state index contributed by atoms with van der Waals surface area (Å²) in [6.07, 6.45) is 1.74. The van der Waals surface area contributed by atoms with Crippen LogP contribution in [-0.4, -0.2) is 73.6 Å². The normalized spacial score (nSPS) is 22.5. The van der Waals surface area contributed by atoms with Crippen LogP contribution in [0.5, 0.6) is 0 Å². The fourth-order valence-electron chi connectivity index (χ4n) is 3.31. The molecule has 3 rings (SSSR count). The summed E-state index contributed by atoms with van der Waals surface area (Å²) in [5.41, 5.74) is 0.591. The van der Waals surface area contributed by atoms with Crippen LogP contribution in [0.25, 0.3) is 0 Å². The molecule has 0 atom stereocenters. The van der Waals surface area contributed by atoms with E-state index in [0.717, 1.165) is 12.8 Å².